The number of hydrogen-bond acceptors (Lipinski definition) is 4. The Hall–Kier alpha value is -1.92. The molecule has 3 rings (SSSR count). The van der Waals surface area contributed by atoms with Gasteiger partial charge < -0.3 is 15.4 Å². The Morgan fingerprint density at radius 1 is 1.30 bits per heavy atom. The smallest absolute Gasteiger partial charge is 0.191 e. The van der Waals surface area contributed by atoms with Gasteiger partial charge in [0.2, 0.25) is 0 Å². The van der Waals surface area contributed by atoms with Crippen LogP contribution >= 0.6 is 11.3 Å². The zero-order valence-corrected chi connectivity index (χ0v) is 17.1. The Labute approximate surface area is 166 Å². The fourth-order valence-electron chi connectivity index (χ4n) is 3.40. The van der Waals surface area contributed by atoms with Crippen LogP contribution < -0.4 is 10.6 Å². The highest BCUT2D eigenvalue weighted by atomic mass is 32.1. The number of ether oxygens (including phenoxy) is 1. The number of nitrogens with one attached hydrogen (secondary N) is 2. The van der Waals surface area contributed by atoms with E-state index in [1.807, 2.05) is 6.20 Å². The van der Waals surface area contributed by atoms with Crippen LogP contribution in [0.2, 0.25) is 0 Å². The van der Waals surface area contributed by atoms with Crippen LogP contribution in [0.3, 0.4) is 0 Å². The summed E-state index contributed by atoms with van der Waals surface area (Å²) < 4.78 is 6.09. The van der Waals surface area contributed by atoms with Gasteiger partial charge in [-0.3, -0.25) is 4.99 Å². The number of nitrogens with zero attached hydrogens (tertiary/aromatic N) is 2. The summed E-state index contributed by atoms with van der Waals surface area (Å²) in [7, 11) is 0. The van der Waals surface area contributed by atoms with Gasteiger partial charge in [0.05, 0.1) is 11.1 Å². The number of benzene rings is 1. The summed E-state index contributed by atoms with van der Waals surface area (Å²) in [5, 5.41) is 7.95. The molecule has 6 heteroatoms. The normalized spacial score (nSPS) is 20.4. The third-order valence-corrected chi connectivity index (χ3v) is 5.67. The molecule has 2 unspecified atom stereocenters. The van der Waals surface area contributed by atoms with Crippen molar-refractivity contribution in [2.45, 2.75) is 39.2 Å². The summed E-state index contributed by atoms with van der Waals surface area (Å²) >= 11 is 1.76. The molecule has 2 heterocycles. The topological polar surface area (TPSA) is 58.5 Å². The van der Waals surface area contributed by atoms with Crippen LogP contribution in [0.5, 0.6) is 0 Å². The molecule has 1 aromatic carbocycles. The van der Waals surface area contributed by atoms with Crippen molar-refractivity contribution in [2.75, 3.05) is 26.2 Å². The van der Waals surface area contributed by atoms with Gasteiger partial charge in [-0.1, -0.05) is 30.3 Å². The monoisotopic (exact) mass is 386 g/mol. The minimum absolute atomic E-state index is 0.143. The number of thiazole rings is 1. The maximum Gasteiger partial charge on any atom is 0.191 e. The van der Waals surface area contributed by atoms with Crippen molar-refractivity contribution in [2.24, 2.45) is 10.9 Å². The van der Waals surface area contributed by atoms with Crippen molar-refractivity contribution in [3.63, 3.8) is 0 Å². The van der Waals surface area contributed by atoms with Gasteiger partial charge in [-0.05, 0) is 32.3 Å². The minimum atomic E-state index is 0.143. The van der Waals surface area contributed by atoms with Crippen molar-refractivity contribution < 1.29 is 4.74 Å². The SMILES string of the molecule is CCNC(=NCC1CCCOC1c1ccccc1)NCCc1ncc(C)s1. The van der Waals surface area contributed by atoms with Gasteiger partial charge in [-0.2, -0.15) is 0 Å². The number of hydrogen-bond donors (Lipinski definition) is 2. The van der Waals surface area contributed by atoms with Gasteiger partial charge in [0, 0.05) is 49.7 Å². The van der Waals surface area contributed by atoms with E-state index in [2.05, 4.69) is 59.8 Å². The molecule has 0 radical (unpaired) electrons. The van der Waals surface area contributed by atoms with Crippen LogP contribution in [0.15, 0.2) is 41.5 Å². The van der Waals surface area contributed by atoms with Crippen LogP contribution in [-0.2, 0) is 11.2 Å². The number of aromatic nitrogens is 1. The van der Waals surface area contributed by atoms with E-state index in [-0.39, 0.29) is 6.10 Å². The second-order valence-corrected chi connectivity index (χ2v) is 8.18. The van der Waals surface area contributed by atoms with Crippen LogP contribution in [-0.4, -0.2) is 37.2 Å². The molecule has 2 N–H and O–H groups in total. The molecule has 1 aromatic heterocycles. The summed E-state index contributed by atoms with van der Waals surface area (Å²) in [4.78, 5) is 10.5. The zero-order valence-electron chi connectivity index (χ0n) is 16.3. The molecule has 0 bridgehead atoms. The van der Waals surface area contributed by atoms with Crippen molar-refractivity contribution in [1.29, 1.82) is 0 Å². The van der Waals surface area contributed by atoms with Crippen LogP contribution in [0, 0.1) is 12.8 Å². The molecular weight excluding hydrogens is 356 g/mol. The Balaban J connectivity index is 1.57. The first kappa shape index (κ1) is 19.8. The molecule has 1 aliphatic rings. The largest absolute Gasteiger partial charge is 0.373 e. The second-order valence-electron chi connectivity index (χ2n) is 6.87. The molecule has 0 aliphatic carbocycles. The maximum atomic E-state index is 6.09. The molecule has 2 atom stereocenters. The van der Waals surface area contributed by atoms with Gasteiger partial charge in [0.1, 0.15) is 0 Å². The van der Waals surface area contributed by atoms with Gasteiger partial charge in [-0.15, -0.1) is 11.3 Å². The molecule has 0 amide bonds. The van der Waals surface area contributed by atoms with Crippen LogP contribution in [0.1, 0.15) is 41.3 Å². The van der Waals surface area contributed by atoms with E-state index in [0.29, 0.717) is 5.92 Å². The Bertz CT molecular complexity index is 716. The van der Waals surface area contributed by atoms with Crippen LogP contribution in [0.4, 0.5) is 0 Å². The second kappa shape index (κ2) is 10.4. The highest BCUT2D eigenvalue weighted by Gasteiger charge is 2.27. The lowest BCUT2D eigenvalue weighted by molar-refractivity contribution is -0.0250. The third kappa shape index (κ3) is 6.04. The molecule has 2 aromatic rings. The van der Waals surface area contributed by atoms with Gasteiger partial charge >= 0.3 is 0 Å². The summed E-state index contributed by atoms with van der Waals surface area (Å²) in [6.07, 6.45) is 5.26. The molecular formula is C21H30N4OS. The number of aryl methyl sites for hydroxylation is 1. The molecule has 27 heavy (non-hydrogen) atoms. The quantitative estimate of drug-likeness (QED) is 0.562. The maximum absolute atomic E-state index is 6.09. The first-order valence-corrected chi connectivity index (χ1v) is 10.7. The predicted molar refractivity (Wildman–Crippen MR) is 112 cm³/mol. The van der Waals surface area contributed by atoms with Crippen molar-refractivity contribution in [3.8, 4) is 0 Å². The Kier molecular flexibility index (Phi) is 7.66. The average molecular weight is 387 g/mol. The number of guanidine groups is 1. The lowest BCUT2D eigenvalue weighted by Gasteiger charge is -2.31. The van der Waals surface area contributed by atoms with Gasteiger partial charge in [0.15, 0.2) is 5.96 Å². The fourth-order valence-corrected chi connectivity index (χ4v) is 4.18. The van der Waals surface area contributed by atoms with Crippen molar-refractivity contribution in [1.82, 2.24) is 15.6 Å². The lowest BCUT2D eigenvalue weighted by atomic mass is 9.89. The highest BCUT2D eigenvalue weighted by Crippen LogP contribution is 2.33. The minimum Gasteiger partial charge on any atom is -0.373 e. The van der Waals surface area contributed by atoms with E-state index in [9.17, 15) is 0 Å². The molecule has 1 aliphatic heterocycles. The standard InChI is InChI=1S/C21H30N4OS/c1-3-22-21(23-12-11-19-24-14-16(2)27-19)25-15-18-10-7-13-26-20(18)17-8-5-4-6-9-17/h4-6,8-9,14,18,20H,3,7,10-13,15H2,1-2H3,(H2,22,23,25). The fraction of sp³-hybridized carbons (Fsp3) is 0.524. The molecule has 146 valence electrons. The Morgan fingerprint density at radius 2 is 2.15 bits per heavy atom. The number of rotatable bonds is 7. The van der Waals surface area contributed by atoms with E-state index in [0.717, 1.165) is 51.5 Å². The lowest BCUT2D eigenvalue weighted by Crippen LogP contribution is -2.39. The molecule has 1 saturated heterocycles. The van der Waals surface area contributed by atoms with Gasteiger partial charge in [0.25, 0.3) is 0 Å². The zero-order chi connectivity index (χ0) is 18.9. The first-order valence-electron chi connectivity index (χ1n) is 9.86. The average Bonchev–Trinajstić information content (AvgIpc) is 3.12. The van der Waals surface area contributed by atoms with E-state index >= 15 is 0 Å². The third-order valence-electron chi connectivity index (χ3n) is 4.70. The number of aliphatic imine (C=N–C) groups is 1. The highest BCUT2D eigenvalue weighted by molar-refractivity contribution is 7.11. The summed E-state index contributed by atoms with van der Waals surface area (Å²) in [6.45, 7) is 7.48. The Morgan fingerprint density at radius 3 is 2.89 bits per heavy atom. The van der Waals surface area contributed by atoms with E-state index in [1.165, 1.54) is 15.4 Å². The predicted octanol–water partition coefficient (Wildman–Crippen LogP) is 3.72. The van der Waals surface area contributed by atoms with Crippen molar-refractivity contribution in [3.05, 3.63) is 52.0 Å². The summed E-state index contributed by atoms with van der Waals surface area (Å²) in [5.74, 6) is 1.29. The molecule has 0 saturated carbocycles. The molecule has 5 nitrogen and oxygen atoms in total. The van der Waals surface area contributed by atoms with Crippen LogP contribution in [0.25, 0.3) is 0 Å². The van der Waals surface area contributed by atoms with Gasteiger partial charge in [-0.25, -0.2) is 4.98 Å². The van der Waals surface area contributed by atoms with E-state index in [4.69, 9.17) is 9.73 Å². The van der Waals surface area contributed by atoms with E-state index in [1.54, 1.807) is 11.3 Å². The van der Waals surface area contributed by atoms with E-state index < -0.39 is 0 Å². The molecule has 1 fully saturated rings. The molecule has 0 spiro atoms. The summed E-state index contributed by atoms with van der Waals surface area (Å²) in [6, 6.07) is 10.5. The van der Waals surface area contributed by atoms with Crippen molar-refractivity contribution >= 4 is 17.3 Å². The summed E-state index contributed by atoms with van der Waals surface area (Å²) in [5.41, 5.74) is 1.26. The first-order chi connectivity index (χ1) is 13.3.